The number of alkyl halides is 3. The summed E-state index contributed by atoms with van der Waals surface area (Å²) in [4.78, 5) is 30.0. The van der Waals surface area contributed by atoms with Gasteiger partial charge in [-0.2, -0.15) is 13.2 Å². The Morgan fingerprint density at radius 2 is 1.89 bits per heavy atom. The van der Waals surface area contributed by atoms with Crippen molar-refractivity contribution in [3.05, 3.63) is 59.2 Å². The maximum absolute atomic E-state index is 14.7. The van der Waals surface area contributed by atoms with Crippen LogP contribution in [-0.2, 0) is 17.8 Å². The lowest BCUT2D eigenvalue weighted by atomic mass is 10.1. The maximum atomic E-state index is 14.7. The third-order valence-corrected chi connectivity index (χ3v) is 5.22. The van der Waals surface area contributed by atoms with Gasteiger partial charge in [0.1, 0.15) is 23.7 Å². The summed E-state index contributed by atoms with van der Waals surface area (Å²) in [6, 6.07) is 7.29. The Balaban J connectivity index is 1.49. The second-order valence-electron chi connectivity index (χ2n) is 8.14. The van der Waals surface area contributed by atoms with E-state index in [1.54, 1.807) is 23.0 Å². The third kappa shape index (κ3) is 5.39. The van der Waals surface area contributed by atoms with Crippen molar-refractivity contribution in [2.45, 2.75) is 39.2 Å². The van der Waals surface area contributed by atoms with Crippen LogP contribution in [0.4, 0.5) is 28.2 Å². The lowest BCUT2D eigenvalue weighted by Gasteiger charge is -2.16. The second-order valence-corrected chi connectivity index (χ2v) is 8.14. The molecule has 0 saturated carbocycles. The van der Waals surface area contributed by atoms with Crippen LogP contribution < -0.4 is 5.32 Å². The quantitative estimate of drug-likeness (QED) is 0.532. The first-order valence-corrected chi connectivity index (χ1v) is 10.5. The van der Waals surface area contributed by atoms with Crippen LogP contribution in [0.2, 0.25) is 0 Å². The molecular weight excluding hydrogens is 472 g/mol. The number of anilines is 1. The van der Waals surface area contributed by atoms with E-state index < -0.39 is 30.6 Å². The normalized spacial score (nSPS) is 13.2. The van der Waals surface area contributed by atoms with Gasteiger partial charge in [0.15, 0.2) is 12.4 Å². The van der Waals surface area contributed by atoms with Gasteiger partial charge in [0.05, 0.1) is 5.56 Å². The SMILES string of the molecule is CC(C)n1cnnc1-c1cccc(NC(=O)c2cc3c(cc2F)CN(C(=O)OCC(F)(F)F)C3)n1. The fraction of sp³-hybridized carbons (Fsp3) is 0.318. The van der Waals surface area contributed by atoms with Crippen molar-refractivity contribution in [3.63, 3.8) is 0 Å². The molecule has 1 aromatic carbocycles. The topological polar surface area (TPSA) is 102 Å². The van der Waals surface area contributed by atoms with E-state index in [0.29, 0.717) is 22.6 Å². The van der Waals surface area contributed by atoms with Gasteiger partial charge in [-0.05, 0) is 49.2 Å². The highest BCUT2D eigenvalue weighted by Crippen LogP contribution is 2.28. The van der Waals surface area contributed by atoms with Crippen molar-refractivity contribution >= 4 is 17.8 Å². The lowest BCUT2D eigenvalue weighted by Crippen LogP contribution is -2.30. The molecule has 0 radical (unpaired) electrons. The fourth-order valence-electron chi connectivity index (χ4n) is 3.58. The molecule has 0 atom stereocenters. The van der Waals surface area contributed by atoms with Gasteiger partial charge in [-0.25, -0.2) is 14.2 Å². The van der Waals surface area contributed by atoms with Crippen LogP contribution in [0.5, 0.6) is 0 Å². The summed E-state index contributed by atoms with van der Waals surface area (Å²) in [5.41, 5.74) is 0.951. The number of aromatic nitrogens is 4. The molecule has 184 valence electrons. The number of carbonyl (C=O) groups excluding carboxylic acids is 2. The molecule has 3 aromatic rings. The molecule has 4 rings (SSSR count). The average Bonchev–Trinajstić information content (AvgIpc) is 3.43. The molecule has 3 heterocycles. The molecule has 1 aliphatic heterocycles. The molecule has 13 heteroatoms. The highest BCUT2D eigenvalue weighted by Gasteiger charge is 2.33. The van der Waals surface area contributed by atoms with E-state index in [0.717, 1.165) is 11.0 Å². The minimum absolute atomic E-state index is 0.0749. The van der Waals surface area contributed by atoms with Crippen LogP contribution in [0.1, 0.15) is 41.4 Å². The minimum atomic E-state index is -4.66. The van der Waals surface area contributed by atoms with Gasteiger partial charge in [0, 0.05) is 19.1 Å². The van der Waals surface area contributed by atoms with Crippen LogP contribution in [-0.4, -0.2) is 49.4 Å². The number of benzene rings is 1. The molecular formula is C22H20F4N6O3. The molecule has 1 N–H and O–H groups in total. The Hall–Kier alpha value is -4.03. The summed E-state index contributed by atoms with van der Waals surface area (Å²) < 4.78 is 57.6. The van der Waals surface area contributed by atoms with E-state index in [2.05, 4.69) is 25.2 Å². The number of ether oxygens (including phenoxy) is 1. The van der Waals surface area contributed by atoms with E-state index >= 15 is 0 Å². The van der Waals surface area contributed by atoms with Crippen LogP contribution >= 0.6 is 0 Å². The summed E-state index contributed by atoms with van der Waals surface area (Å²) in [7, 11) is 0. The Bertz CT molecular complexity index is 1270. The molecule has 0 bridgehead atoms. The van der Waals surface area contributed by atoms with E-state index in [-0.39, 0.29) is 30.5 Å². The van der Waals surface area contributed by atoms with Crippen molar-refractivity contribution in [2.24, 2.45) is 0 Å². The number of fused-ring (bicyclic) bond motifs is 1. The van der Waals surface area contributed by atoms with Gasteiger partial charge in [-0.1, -0.05) is 6.07 Å². The monoisotopic (exact) mass is 492 g/mol. The van der Waals surface area contributed by atoms with Crippen molar-refractivity contribution in [1.29, 1.82) is 0 Å². The van der Waals surface area contributed by atoms with E-state index in [4.69, 9.17) is 0 Å². The number of rotatable bonds is 5. The van der Waals surface area contributed by atoms with Crippen molar-refractivity contribution in [2.75, 3.05) is 11.9 Å². The molecule has 1 aliphatic rings. The van der Waals surface area contributed by atoms with Crippen LogP contribution in [0.15, 0.2) is 36.7 Å². The minimum Gasteiger partial charge on any atom is -0.440 e. The summed E-state index contributed by atoms with van der Waals surface area (Å²) in [6.07, 6.45) is -4.27. The Labute approximate surface area is 196 Å². The van der Waals surface area contributed by atoms with Crippen molar-refractivity contribution in [3.8, 4) is 11.5 Å². The van der Waals surface area contributed by atoms with Crippen molar-refractivity contribution < 1.29 is 31.9 Å². The molecule has 35 heavy (non-hydrogen) atoms. The molecule has 0 saturated heterocycles. The smallest absolute Gasteiger partial charge is 0.422 e. The Morgan fingerprint density at radius 3 is 2.57 bits per heavy atom. The molecule has 2 amide bonds. The summed E-state index contributed by atoms with van der Waals surface area (Å²) in [5, 5.41) is 10.5. The zero-order chi connectivity index (χ0) is 25.3. The fourth-order valence-corrected chi connectivity index (χ4v) is 3.58. The largest absolute Gasteiger partial charge is 0.440 e. The first-order chi connectivity index (χ1) is 16.5. The molecule has 9 nitrogen and oxygen atoms in total. The summed E-state index contributed by atoms with van der Waals surface area (Å²) >= 11 is 0. The highest BCUT2D eigenvalue weighted by atomic mass is 19.4. The van der Waals surface area contributed by atoms with Crippen LogP contribution in [0.25, 0.3) is 11.5 Å². The lowest BCUT2D eigenvalue weighted by molar-refractivity contribution is -0.162. The third-order valence-electron chi connectivity index (χ3n) is 5.22. The zero-order valence-corrected chi connectivity index (χ0v) is 18.6. The van der Waals surface area contributed by atoms with Gasteiger partial charge in [-0.3, -0.25) is 9.69 Å². The number of amides is 2. The Kier molecular flexibility index (Phi) is 6.41. The van der Waals surface area contributed by atoms with Crippen LogP contribution in [0.3, 0.4) is 0 Å². The molecule has 0 spiro atoms. The number of halogens is 4. The first-order valence-electron chi connectivity index (χ1n) is 10.5. The predicted molar refractivity (Wildman–Crippen MR) is 115 cm³/mol. The number of hydrogen-bond donors (Lipinski definition) is 1. The predicted octanol–water partition coefficient (Wildman–Crippen LogP) is 4.33. The van der Waals surface area contributed by atoms with Gasteiger partial charge in [0.25, 0.3) is 5.91 Å². The van der Waals surface area contributed by atoms with Gasteiger partial charge < -0.3 is 14.6 Å². The van der Waals surface area contributed by atoms with Crippen LogP contribution in [0, 0.1) is 5.82 Å². The first kappa shape index (κ1) is 24.1. The average molecular weight is 492 g/mol. The van der Waals surface area contributed by atoms with E-state index in [9.17, 15) is 27.2 Å². The molecule has 0 aliphatic carbocycles. The number of carbonyl (C=O) groups is 2. The number of hydrogen-bond acceptors (Lipinski definition) is 6. The standard InChI is InChI=1S/C22H20F4N6O3/c1-12(2)32-11-27-30-19(32)17-4-3-5-18(28-17)29-20(33)15-6-13-8-31(9-14(13)7-16(15)23)21(34)35-10-22(24,25)26/h3-7,11-12H,8-10H2,1-2H3,(H,28,29,33). The van der Waals surface area contributed by atoms with Crippen molar-refractivity contribution in [1.82, 2.24) is 24.6 Å². The van der Waals surface area contributed by atoms with E-state index in [1.165, 1.54) is 12.1 Å². The molecule has 2 aromatic heterocycles. The maximum Gasteiger partial charge on any atom is 0.422 e. The number of nitrogens with zero attached hydrogens (tertiary/aromatic N) is 5. The number of pyridine rings is 1. The summed E-state index contributed by atoms with van der Waals surface area (Å²) in [5.74, 6) is -0.971. The van der Waals surface area contributed by atoms with E-state index in [1.807, 2.05) is 13.8 Å². The highest BCUT2D eigenvalue weighted by molar-refractivity contribution is 6.04. The zero-order valence-electron chi connectivity index (χ0n) is 18.6. The van der Waals surface area contributed by atoms with Gasteiger partial charge in [0.2, 0.25) is 0 Å². The van der Waals surface area contributed by atoms with Gasteiger partial charge in [-0.15, -0.1) is 10.2 Å². The molecule has 0 fully saturated rings. The van der Waals surface area contributed by atoms with Gasteiger partial charge >= 0.3 is 12.3 Å². The Morgan fingerprint density at radius 1 is 1.17 bits per heavy atom. The molecule has 0 unspecified atom stereocenters. The number of nitrogens with one attached hydrogen (secondary N) is 1. The summed E-state index contributed by atoms with van der Waals surface area (Å²) in [6.45, 7) is 1.93. The second kappa shape index (κ2) is 9.31.